The van der Waals surface area contributed by atoms with E-state index in [-0.39, 0.29) is 35.8 Å². The van der Waals surface area contributed by atoms with Gasteiger partial charge in [-0.15, -0.1) is 0 Å². The Bertz CT molecular complexity index is 994. The van der Waals surface area contributed by atoms with E-state index in [1.807, 2.05) is 0 Å². The number of sulfone groups is 1. The summed E-state index contributed by atoms with van der Waals surface area (Å²) in [5.41, 5.74) is -0.246. The first kappa shape index (κ1) is 18.7. The van der Waals surface area contributed by atoms with Gasteiger partial charge in [0.1, 0.15) is 10.6 Å². The molecule has 8 heteroatoms. The summed E-state index contributed by atoms with van der Waals surface area (Å²) in [4.78, 5) is 0.00233. The van der Waals surface area contributed by atoms with E-state index in [4.69, 9.17) is 21.1 Å². The second kappa shape index (κ2) is 6.43. The molecule has 144 valence electrons. The first-order valence-electron chi connectivity index (χ1n) is 8.52. The molecule has 27 heavy (non-hydrogen) atoms. The van der Waals surface area contributed by atoms with Gasteiger partial charge in [0, 0.05) is 17.5 Å². The molecule has 2 aliphatic heterocycles. The summed E-state index contributed by atoms with van der Waals surface area (Å²) >= 11 is 5.89. The molecule has 0 amide bonds. The van der Waals surface area contributed by atoms with Crippen LogP contribution in [0, 0.1) is 17.6 Å². The van der Waals surface area contributed by atoms with E-state index in [1.165, 1.54) is 24.3 Å². The summed E-state index contributed by atoms with van der Waals surface area (Å²) in [5, 5.41) is 0.382. The van der Waals surface area contributed by atoms with Gasteiger partial charge < -0.3 is 9.47 Å². The minimum atomic E-state index is -4.11. The third kappa shape index (κ3) is 2.59. The Morgan fingerprint density at radius 1 is 1.11 bits per heavy atom. The molecule has 3 atom stereocenters. The summed E-state index contributed by atoms with van der Waals surface area (Å²) in [6.45, 7) is 1.75. The maximum absolute atomic E-state index is 14.9. The van der Waals surface area contributed by atoms with Gasteiger partial charge in [-0.1, -0.05) is 11.6 Å². The number of benzene rings is 2. The maximum Gasteiger partial charge on any atom is 0.189 e. The fraction of sp³-hybridized carbons (Fsp3) is 0.368. The van der Waals surface area contributed by atoms with Gasteiger partial charge in [0.05, 0.1) is 23.2 Å². The van der Waals surface area contributed by atoms with Crippen LogP contribution in [0.2, 0.25) is 5.02 Å². The number of hydrogen-bond donors (Lipinski definition) is 0. The van der Waals surface area contributed by atoms with Crippen molar-refractivity contribution in [3.05, 3.63) is 58.6 Å². The van der Waals surface area contributed by atoms with E-state index in [9.17, 15) is 17.2 Å². The van der Waals surface area contributed by atoms with Crippen LogP contribution < -0.4 is 4.74 Å². The van der Waals surface area contributed by atoms with E-state index < -0.39 is 38.2 Å². The first-order valence-corrected chi connectivity index (χ1v) is 10.4. The van der Waals surface area contributed by atoms with Crippen molar-refractivity contribution in [3.63, 3.8) is 0 Å². The highest BCUT2D eigenvalue weighted by atomic mass is 35.5. The lowest BCUT2D eigenvalue weighted by Gasteiger charge is -2.49. The Kier molecular flexibility index (Phi) is 4.44. The van der Waals surface area contributed by atoms with E-state index in [2.05, 4.69) is 0 Å². The lowest BCUT2D eigenvalue weighted by molar-refractivity contribution is -0.0626. The van der Waals surface area contributed by atoms with Crippen LogP contribution in [0.5, 0.6) is 5.75 Å². The van der Waals surface area contributed by atoms with Gasteiger partial charge in [0.25, 0.3) is 0 Å². The fourth-order valence-electron chi connectivity index (χ4n) is 4.19. The molecule has 0 radical (unpaired) electrons. The Morgan fingerprint density at radius 3 is 2.48 bits per heavy atom. The van der Waals surface area contributed by atoms with Crippen molar-refractivity contribution >= 4 is 21.4 Å². The topological polar surface area (TPSA) is 52.6 Å². The summed E-state index contributed by atoms with van der Waals surface area (Å²) in [6, 6.07) is 7.58. The summed E-state index contributed by atoms with van der Waals surface area (Å²) in [6.07, 6.45) is -0.499. The van der Waals surface area contributed by atoms with Crippen molar-refractivity contribution in [2.24, 2.45) is 5.92 Å². The molecule has 2 aromatic rings. The van der Waals surface area contributed by atoms with Crippen LogP contribution in [0.3, 0.4) is 0 Å². The summed E-state index contributed by atoms with van der Waals surface area (Å²) in [7, 11) is -4.11. The number of rotatable bonds is 2. The van der Waals surface area contributed by atoms with Gasteiger partial charge in [-0.25, -0.2) is 17.2 Å². The Labute approximate surface area is 161 Å². The molecule has 1 unspecified atom stereocenters. The Morgan fingerprint density at radius 2 is 1.78 bits per heavy atom. The zero-order valence-corrected chi connectivity index (χ0v) is 16.0. The molecule has 2 aliphatic rings. The predicted octanol–water partition coefficient (Wildman–Crippen LogP) is 4.10. The molecule has 0 aromatic heterocycles. The highest BCUT2D eigenvalue weighted by Crippen LogP contribution is 2.55. The first-order chi connectivity index (χ1) is 12.8. The maximum atomic E-state index is 14.9. The highest BCUT2D eigenvalue weighted by molar-refractivity contribution is 7.92. The quantitative estimate of drug-likeness (QED) is 0.742. The van der Waals surface area contributed by atoms with Crippen LogP contribution >= 0.6 is 11.6 Å². The lowest BCUT2D eigenvalue weighted by atomic mass is 9.76. The zero-order chi connectivity index (χ0) is 19.4. The fourth-order valence-corrected chi connectivity index (χ4v) is 6.70. The molecular weight excluding hydrogens is 398 g/mol. The minimum Gasteiger partial charge on any atom is -0.490 e. The smallest absolute Gasteiger partial charge is 0.189 e. The van der Waals surface area contributed by atoms with E-state index in [1.54, 1.807) is 6.92 Å². The summed E-state index contributed by atoms with van der Waals surface area (Å²) in [5.74, 6) is -2.61. The molecule has 1 fully saturated rings. The third-order valence-electron chi connectivity index (χ3n) is 5.51. The number of ether oxygens (including phenoxy) is 2. The molecule has 4 rings (SSSR count). The van der Waals surface area contributed by atoms with E-state index in [0.29, 0.717) is 5.02 Å². The van der Waals surface area contributed by atoms with Crippen molar-refractivity contribution in [2.45, 2.75) is 29.1 Å². The Hall–Kier alpha value is -1.70. The van der Waals surface area contributed by atoms with Crippen LogP contribution in [0.1, 0.15) is 18.9 Å². The molecule has 0 spiro atoms. The van der Waals surface area contributed by atoms with Gasteiger partial charge in [-0.3, -0.25) is 0 Å². The lowest BCUT2D eigenvalue weighted by Crippen LogP contribution is -2.56. The second-order valence-electron chi connectivity index (χ2n) is 6.82. The molecule has 2 heterocycles. The zero-order valence-electron chi connectivity index (χ0n) is 14.4. The SMILES string of the molecule is C[C@@H]1OCC[C@@]2(S(=O)(=O)c3ccc(Cl)cc3)c3c(F)ccc(F)c3OCC12. The standard InChI is InChI=1S/C19H17ClF2O4S/c1-11-14-10-26-18-16(22)7-6-15(21)17(18)19(14,8-9-25-11)27(23,24)13-4-2-12(20)3-5-13/h2-7,11,14H,8-10H2,1H3/t11-,14?,19-/m0/s1. The molecule has 0 saturated carbocycles. The van der Waals surface area contributed by atoms with Crippen molar-refractivity contribution in [1.82, 2.24) is 0 Å². The second-order valence-corrected chi connectivity index (χ2v) is 9.47. The van der Waals surface area contributed by atoms with E-state index in [0.717, 1.165) is 12.1 Å². The van der Waals surface area contributed by atoms with Crippen LogP contribution in [0.4, 0.5) is 8.78 Å². The normalized spacial score (nSPS) is 27.4. The molecule has 0 aliphatic carbocycles. The molecule has 0 N–H and O–H groups in total. The Balaban J connectivity index is 2.04. The average Bonchev–Trinajstić information content (AvgIpc) is 2.64. The van der Waals surface area contributed by atoms with Crippen molar-refractivity contribution in [3.8, 4) is 5.75 Å². The monoisotopic (exact) mass is 414 g/mol. The van der Waals surface area contributed by atoms with Crippen molar-refractivity contribution in [1.29, 1.82) is 0 Å². The van der Waals surface area contributed by atoms with Gasteiger partial charge in [0.15, 0.2) is 21.4 Å². The average molecular weight is 415 g/mol. The van der Waals surface area contributed by atoms with Crippen molar-refractivity contribution < 1.29 is 26.7 Å². The number of halogens is 3. The van der Waals surface area contributed by atoms with Crippen LogP contribution in [0.25, 0.3) is 0 Å². The van der Waals surface area contributed by atoms with Gasteiger partial charge in [-0.05, 0) is 49.7 Å². The van der Waals surface area contributed by atoms with Gasteiger partial charge in [-0.2, -0.15) is 0 Å². The third-order valence-corrected chi connectivity index (χ3v) is 8.33. The van der Waals surface area contributed by atoms with Crippen molar-refractivity contribution in [2.75, 3.05) is 13.2 Å². The molecule has 1 saturated heterocycles. The molecular formula is C19H17ClF2O4S. The predicted molar refractivity (Wildman–Crippen MR) is 95.7 cm³/mol. The molecule has 4 nitrogen and oxygen atoms in total. The van der Waals surface area contributed by atoms with Crippen LogP contribution in [0.15, 0.2) is 41.3 Å². The highest BCUT2D eigenvalue weighted by Gasteiger charge is 2.60. The van der Waals surface area contributed by atoms with Gasteiger partial charge in [0.2, 0.25) is 0 Å². The van der Waals surface area contributed by atoms with Crippen LogP contribution in [-0.4, -0.2) is 27.7 Å². The minimum absolute atomic E-state index is 0.00233. The molecule has 2 aromatic carbocycles. The number of fused-ring (bicyclic) bond motifs is 3. The summed E-state index contributed by atoms with van der Waals surface area (Å²) < 4.78 is 66.3. The van der Waals surface area contributed by atoms with E-state index >= 15 is 0 Å². The largest absolute Gasteiger partial charge is 0.490 e. The van der Waals surface area contributed by atoms with Crippen LogP contribution in [-0.2, 0) is 19.3 Å². The number of hydrogen-bond acceptors (Lipinski definition) is 4. The molecule has 0 bridgehead atoms. The van der Waals surface area contributed by atoms with Gasteiger partial charge >= 0.3 is 0 Å².